The number of carbonyl (C=O) groups excluding carboxylic acids is 2. The number of hydrogen-bond acceptors (Lipinski definition) is 4. The van der Waals surface area contributed by atoms with Gasteiger partial charge in [0.15, 0.2) is 0 Å². The normalized spacial score (nSPS) is 22.2. The summed E-state index contributed by atoms with van der Waals surface area (Å²) in [4.78, 5) is 27.3. The zero-order valence-corrected chi connectivity index (χ0v) is 19.1. The average Bonchev–Trinajstić information content (AvgIpc) is 3.42. The largest absolute Gasteiger partial charge is 0.315 e. The smallest absolute Gasteiger partial charge is 0.249 e. The summed E-state index contributed by atoms with van der Waals surface area (Å²) in [6, 6.07) is 19.7. The Labute approximate surface area is 192 Å². The molecule has 0 bridgehead atoms. The van der Waals surface area contributed by atoms with Gasteiger partial charge in [-0.15, -0.1) is 11.8 Å². The Morgan fingerprint density at radius 1 is 1.19 bits per heavy atom. The van der Waals surface area contributed by atoms with Gasteiger partial charge in [0.2, 0.25) is 11.8 Å². The predicted molar refractivity (Wildman–Crippen MR) is 127 cm³/mol. The number of rotatable bonds is 5. The van der Waals surface area contributed by atoms with E-state index in [1.807, 2.05) is 53.2 Å². The van der Waals surface area contributed by atoms with Gasteiger partial charge < -0.3 is 10.2 Å². The topological polar surface area (TPSA) is 67.2 Å². The summed E-state index contributed by atoms with van der Waals surface area (Å²) >= 11 is 1.70. The van der Waals surface area contributed by atoms with Crippen LogP contribution in [0.25, 0.3) is 11.3 Å². The highest BCUT2D eigenvalue weighted by Gasteiger charge is 2.53. The molecule has 2 saturated heterocycles. The highest BCUT2D eigenvalue weighted by molar-refractivity contribution is 8.01. The number of nitrogens with zero attached hydrogens (tertiary/aromatic N) is 3. The number of amides is 2. The van der Waals surface area contributed by atoms with E-state index in [-0.39, 0.29) is 16.7 Å². The summed E-state index contributed by atoms with van der Waals surface area (Å²) < 4.78 is 1.83. The molecule has 1 aromatic heterocycles. The molecule has 2 atom stereocenters. The quantitative estimate of drug-likeness (QED) is 0.635. The summed E-state index contributed by atoms with van der Waals surface area (Å²) in [5.74, 6) is 1.17. The molecule has 32 heavy (non-hydrogen) atoms. The van der Waals surface area contributed by atoms with Crippen molar-refractivity contribution in [3.05, 3.63) is 71.8 Å². The lowest BCUT2D eigenvalue weighted by molar-refractivity contribution is -0.135. The second-order valence-corrected chi connectivity index (χ2v) is 10.2. The van der Waals surface area contributed by atoms with E-state index in [0.717, 1.165) is 28.8 Å². The number of hydrogen-bond donors (Lipinski definition) is 1. The summed E-state index contributed by atoms with van der Waals surface area (Å²) in [5.41, 5.74) is 4.06. The lowest BCUT2D eigenvalue weighted by Crippen LogP contribution is -2.48. The molecule has 3 aromatic rings. The van der Waals surface area contributed by atoms with Crippen molar-refractivity contribution in [2.24, 2.45) is 0 Å². The molecule has 0 spiro atoms. The van der Waals surface area contributed by atoms with E-state index in [1.165, 1.54) is 0 Å². The number of thioether (sulfide) groups is 1. The molecule has 1 N–H and O–H groups in total. The number of aryl methyl sites for hydroxylation is 1. The minimum absolute atomic E-state index is 0.0656. The molecule has 0 radical (unpaired) electrons. The fraction of sp³-hybridized carbons (Fsp3) is 0.320. The molecular formula is C25H26N4O2S. The highest BCUT2D eigenvalue weighted by Crippen LogP contribution is 2.47. The summed E-state index contributed by atoms with van der Waals surface area (Å²) in [5, 5.41) is 7.89. The maximum absolute atomic E-state index is 13.3. The van der Waals surface area contributed by atoms with Crippen molar-refractivity contribution in [2.45, 2.75) is 44.1 Å². The molecule has 2 aliphatic heterocycles. The van der Waals surface area contributed by atoms with Gasteiger partial charge in [0.05, 0.1) is 17.1 Å². The van der Waals surface area contributed by atoms with Gasteiger partial charge in [-0.05, 0) is 31.9 Å². The Morgan fingerprint density at radius 3 is 2.78 bits per heavy atom. The van der Waals surface area contributed by atoms with Crippen molar-refractivity contribution in [1.82, 2.24) is 14.7 Å². The summed E-state index contributed by atoms with van der Waals surface area (Å²) in [6.45, 7) is 4.66. The molecule has 6 nitrogen and oxygen atoms in total. The monoisotopic (exact) mass is 446 g/mol. The first-order valence-electron chi connectivity index (χ1n) is 10.9. The van der Waals surface area contributed by atoms with E-state index in [0.29, 0.717) is 24.5 Å². The van der Waals surface area contributed by atoms with Gasteiger partial charge in [-0.1, -0.05) is 54.1 Å². The standard InChI is InChI=1S/C25H26N4O2S/c1-17-7-6-10-19(13-17)20-14-22(28(27-20)15-18-8-4-3-5-9-18)26-24(31)21-16-32-25(2)12-11-23(30)29(21)25/h3-10,13-14,21H,11-12,15-16H2,1-2H3,(H,26,31). The fourth-order valence-electron chi connectivity index (χ4n) is 4.56. The van der Waals surface area contributed by atoms with Gasteiger partial charge in [-0.3, -0.25) is 9.59 Å². The molecule has 0 saturated carbocycles. The molecule has 5 rings (SSSR count). The zero-order chi connectivity index (χ0) is 22.3. The Balaban J connectivity index is 1.45. The van der Waals surface area contributed by atoms with Crippen LogP contribution in [0.5, 0.6) is 0 Å². The SMILES string of the molecule is Cc1cccc(-c2cc(NC(=O)C3CSC4(C)CCC(=O)N34)n(Cc3ccccc3)n2)c1. The number of carbonyl (C=O) groups is 2. The van der Waals surface area contributed by atoms with Crippen LogP contribution in [-0.4, -0.2) is 43.2 Å². The van der Waals surface area contributed by atoms with E-state index < -0.39 is 6.04 Å². The van der Waals surface area contributed by atoms with Gasteiger partial charge in [0.25, 0.3) is 0 Å². The zero-order valence-electron chi connectivity index (χ0n) is 18.2. The van der Waals surface area contributed by atoms with Crippen molar-refractivity contribution >= 4 is 29.4 Å². The second kappa shape index (κ2) is 8.13. The lowest BCUT2D eigenvalue weighted by atomic mass is 10.1. The average molecular weight is 447 g/mol. The van der Waals surface area contributed by atoms with Crippen molar-refractivity contribution in [1.29, 1.82) is 0 Å². The molecule has 2 fully saturated rings. The Bertz CT molecular complexity index is 1180. The predicted octanol–water partition coefficient (Wildman–Crippen LogP) is 4.30. The van der Waals surface area contributed by atoms with Crippen molar-refractivity contribution in [3.8, 4) is 11.3 Å². The van der Waals surface area contributed by atoms with Gasteiger partial charge in [-0.2, -0.15) is 5.10 Å². The third-order valence-electron chi connectivity index (χ3n) is 6.27. The number of aromatic nitrogens is 2. The minimum atomic E-state index is -0.456. The highest BCUT2D eigenvalue weighted by atomic mass is 32.2. The molecule has 2 aromatic carbocycles. The number of benzene rings is 2. The first-order chi connectivity index (χ1) is 15.4. The molecule has 2 unspecified atom stereocenters. The van der Waals surface area contributed by atoms with Crippen LogP contribution in [0, 0.1) is 6.92 Å². The molecule has 2 aliphatic rings. The summed E-state index contributed by atoms with van der Waals surface area (Å²) in [6.07, 6.45) is 1.31. The second-order valence-electron chi connectivity index (χ2n) is 8.68. The van der Waals surface area contributed by atoms with Crippen LogP contribution >= 0.6 is 11.8 Å². The van der Waals surface area contributed by atoms with Gasteiger partial charge in [-0.25, -0.2) is 4.68 Å². The van der Waals surface area contributed by atoms with E-state index >= 15 is 0 Å². The molecule has 0 aliphatic carbocycles. The molecule has 3 heterocycles. The van der Waals surface area contributed by atoms with E-state index in [2.05, 4.69) is 31.3 Å². The van der Waals surface area contributed by atoms with Crippen LogP contribution in [0.15, 0.2) is 60.7 Å². The minimum Gasteiger partial charge on any atom is -0.315 e. The van der Waals surface area contributed by atoms with Crippen molar-refractivity contribution in [2.75, 3.05) is 11.1 Å². The number of anilines is 1. The first-order valence-corrected chi connectivity index (χ1v) is 11.9. The first kappa shape index (κ1) is 20.8. The summed E-state index contributed by atoms with van der Waals surface area (Å²) in [7, 11) is 0. The third kappa shape index (κ3) is 3.81. The number of fused-ring (bicyclic) bond motifs is 1. The third-order valence-corrected chi connectivity index (χ3v) is 7.77. The maximum Gasteiger partial charge on any atom is 0.249 e. The lowest BCUT2D eigenvalue weighted by Gasteiger charge is -2.29. The van der Waals surface area contributed by atoms with E-state index in [4.69, 9.17) is 5.10 Å². The molecule has 2 amide bonds. The molecule has 7 heteroatoms. The van der Waals surface area contributed by atoms with Crippen molar-refractivity contribution in [3.63, 3.8) is 0 Å². The maximum atomic E-state index is 13.3. The van der Waals surface area contributed by atoms with E-state index in [1.54, 1.807) is 16.7 Å². The van der Waals surface area contributed by atoms with Gasteiger partial charge >= 0.3 is 0 Å². The van der Waals surface area contributed by atoms with Gasteiger partial charge in [0.1, 0.15) is 11.9 Å². The van der Waals surface area contributed by atoms with Gasteiger partial charge in [0, 0.05) is 23.8 Å². The van der Waals surface area contributed by atoms with Crippen LogP contribution < -0.4 is 5.32 Å². The van der Waals surface area contributed by atoms with Crippen LogP contribution in [0.3, 0.4) is 0 Å². The van der Waals surface area contributed by atoms with Crippen molar-refractivity contribution < 1.29 is 9.59 Å². The van der Waals surface area contributed by atoms with Crippen LogP contribution in [0.4, 0.5) is 5.82 Å². The van der Waals surface area contributed by atoms with Crippen LogP contribution in [0.1, 0.15) is 30.9 Å². The van der Waals surface area contributed by atoms with Crippen LogP contribution in [-0.2, 0) is 16.1 Å². The van der Waals surface area contributed by atoms with E-state index in [9.17, 15) is 9.59 Å². The Morgan fingerprint density at radius 2 is 2.00 bits per heavy atom. The number of nitrogens with one attached hydrogen (secondary N) is 1. The van der Waals surface area contributed by atoms with Crippen LogP contribution in [0.2, 0.25) is 0 Å². The Hall–Kier alpha value is -3.06. The fourth-order valence-corrected chi connectivity index (χ4v) is 6.00. The molecule has 164 valence electrons. The molecular weight excluding hydrogens is 420 g/mol. The Kier molecular flexibility index (Phi) is 5.29.